The van der Waals surface area contributed by atoms with Gasteiger partial charge in [0.2, 0.25) is 5.95 Å². The average molecular weight is 329 g/mol. The van der Waals surface area contributed by atoms with Crippen molar-refractivity contribution < 1.29 is 9.47 Å². The molecular weight excluding hydrogens is 306 g/mol. The molecule has 24 heavy (non-hydrogen) atoms. The second-order valence-corrected chi connectivity index (χ2v) is 6.39. The second-order valence-electron chi connectivity index (χ2n) is 6.39. The highest BCUT2D eigenvalue weighted by Crippen LogP contribution is 2.27. The van der Waals surface area contributed by atoms with Crippen LogP contribution < -0.4 is 10.2 Å². The van der Waals surface area contributed by atoms with Crippen LogP contribution in [0.15, 0.2) is 18.3 Å². The van der Waals surface area contributed by atoms with E-state index in [1.165, 1.54) is 0 Å². The first kappa shape index (κ1) is 15.5. The molecule has 4 heterocycles. The van der Waals surface area contributed by atoms with Gasteiger partial charge in [0.05, 0.1) is 24.6 Å². The maximum absolute atomic E-state index is 5.57. The third kappa shape index (κ3) is 3.14. The van der Waals surface area contributed by atoms with Gasteiger partial charge in [0.1, 0.15) is 5.82 Å². The van der Waals surface area contributed by atoms with E-state index < -0.39 is 0 Å². The van der Waals surface area contributed by atoms with Crippen molar-refractivity contribution in [3.05, 3.63) is 18.3 Å². The molecule has 7 heteroatoms. The van der Waals surface area contributed by atoms with E-state index in [2.05, 4.69) is 27.1 Å². The Hall–Kier alpha value is -1.99. The summed E-state index contributed by atoms with van der Waals surface area (Å²) in [6.45, 7) is 6.01. The molecule has 0 radical (unpaired) electrons. The third-order valence-corrected chi connectivity index (χ3v) is 4.65. The molecule has 2 fully saturated rings. The van der Waals surface area contributed by atoms with Crippen LogP contribution in [0.5, 0.6) is 0 Å². The van der Waals surface area contributed by atoms with Gasteiger partial charge in [-0.15, -0.1) is 0 Å². The molecule has 128 valence electrons. The number of nitrogens with zero attached hydrogens (tertiary/aromatic N) is 4. The van der Waals surface area contributed by atoms with E-state index in [4.69, 9.17) is 14.5 Å². The summed E-state index contributed by atoms with van der Waals surface area (Å²) in [6, 6.07) is 4.62. The molecule has 0 unspecified atom stereocenters. The van der Waals surface area contributed by atoms with Gasteiger partial charge in [0.25, 0.3) is 0 Å². The summed E-state index contributed by atoms with van der Waals surface area (Å²) in [4.78, 5) is 16.2. The zero-order valence-corrected chi connectivity index (χ0v) is 13.9. The number of pyridine rings is 1. The zero-order chi connectivity index (χ0) is 16.4. The molecule has 2 aliphatic heterocycles. The first-order valence-corrected chi connectivity index (χ1v) is 8.63. The number of hydrogen-bond donors (Lipinski definition) is 1. The molecule has 2 aromatic heterocycles. The van der Waals surface area contributed by atoms with Crippen LogP contribution in [0.25, 0.3) is 11.0 Å². The van der Waals surface area contributed by atoms with Crippen molar-refractivity contribution in [3.63, 3.8) is 0 Å². The van der Waals surface area contributed by atoms with Gasteiger partial charge in [0, 0.05) is 32.0 Å². The second kappa shape index (κ2) is 6.86. The molecule has 4 rings (SSSR count). The highest BCUT2D eigenvalue weighted by Gasteiger charge is 2.24. The molecule has 0 saturated carbocycles. The van der Waals surface area contributed by atoms with E-state index in [0.29, 0.717) is 18.6 Å². The fourth-order valence-electron chi connectivity index (χ4n) is 3.30. The number of ether oxygens (including phenoxy) is 2. The van der Waals surface area contributed by atoms with Crippen LogP contribution in [-0.2, 0) is 9.47 Å². The smallest absolute Gasteiger partial charge is 0.226 e. The van der Waals surface area contributed by atoms with E-state index in [1.54, 1.807) is 6.20 Å². The molecule has 0 amide bonds. The summed E-state index contributed by atoms with van der Waals surface area (Å²) in [6.07, 6.45) is 3.74. The molecule has 0 aromatic carbocycles. The third-order valence-electron chi connectivity index (χ3n) is 4.65. The number of nitrogens with one attached hydrogen (secondary N) is 1. The number of rotatable bonds is 3. The van der Waals surface area contributed by atoms with E-state index in [1.807, 2.05) is 12.1 Å². The summed E-state index contributed by atoms with van der Waals surface area (Å²) in [5.74, 6) is 1.60. The number of morpholine rings is 1. The molecule has 2 aliphatic rings. The van der Waals surface area contributed by atoms with Gasteiger partial charge >= 0.3 is 0 Å². The largest absolute Gasteiger partial charge is 0.381 e. The fraction of sp³-hybridized carbons (Fsp3) is 0.588. The van der Waals surface area contributed by atoms with Crippen molar-refractivity contribution in [2.24, 2.45) is 0 Å². The Bertz CT molecular complexity index is 704. The molecule has 7 nitrogen and oxygen atoms in total. The Balaban J connectivity index is 1.70. The van der Waals surface area contributed by atoms with Gasteiger partial charge in [-0.1, -0.05) is 0 Å². The summed E-state index contributed by atoms with van der Waals surface area (Å²) >= 11 is 0. The lowest BCUT2D eigenvalue weighted by Gasteiger charge is -2.35. The lowest BCUT2D eigenvalue weighted by Crippen LogP contribution is -2.44. The highest BCUT2D eigenvalue weighted by molar-refractivity contribution is 5.88. The molecule has 2 aromatic rings. The maximum atomic E-state index is 5.57. The van der Waals surface area contributed by atoms with Crippen molar-refractivity contribution in [1.29, 1.82) is 0 Å². The van der Waals surface area contributed by atoms with Crippen molar-refractivity contribution in [1.82, 2.24) is 15.0 Å². The SMILES string of the molecule is C[C@H]1COCCN1c1nc(NC2CCOCC2)nc2ncccc12. The molecular formula is C17H23N5O2. The minimum absolute atomic E-state index is 0.285. The number of aromatic nitrogens is 3. The van der Waals surface area contributed by atoms with Crippen LogP contribution in [0, 0.1) is 0 Å². The van der Waals surface area contributed by atoms with Crippen molar-refractivity contribution in [2.45, 2.75) is 31.8 Å². The predicted molar refractivity (Wildman–Crippen MR) is 92.4 cm³/mol. The number of anilines is 2. The van der Waals surface area contributed by atoms with Gasteiger partial charge in [-0.3, -0.25) is 0 Å². The highest BCUT2D eigenvalue weighted by atomic mass is 16.5. The molecule has 2 saturated heterocycles. The first-order valence-electron chi connectivity index (χ1n) is 8.63. The van der Waals surface area contributed by atoms with E-state index >= 15 is 0 Å². The summed E-state index contributed by atoms with van der Waals surface area (Å²) < 4.78 is 11.0. The summed E-state index contributed by atoms with van der Waals surface area (Å²) in [5.41, 5.74) is 0.732. The average Bonchev–Trinajstić information content (AvgIpc) is 2.62. The van der Waals surface area contributed by atoms with Crippen molar-refractivity contribution in [3.8, 4) is 0 Å². The minimum atomic E-state index is 0.285. The monoisotopic (exact) mass is 329 g/mol. The standard InChI is InChI=1S/C17H23N5O2/c1-12-11-24-10-7-22(12)16-14-3-2-6-18-15(14)20-17(21-16)19-13-4-8-23-9-5-13/h2-3,6,12-13H,4-5,7-11H2,1H3,(H,18,19,20,21)/t12-/m0/s1. The van der Waals surface area contributed by atoms with Crippen LogP contribution in [0.4, 0.5) is 11.8 Å². The molecule has 1 atom stereocenters. The Labute approximate surface area is 141 Å². The van der Waals surface area contributed by atoms with Crippen LogP contribution in [0.1, 0.15) is 19.8 Å². The molecule has 0 spiro atoms. The summed E-state index contributed by atoms with van der Waals surface area (Å²) in [7, 11) is 0. The van der Waals surface area contributed by atoms with E-state index in [-0.39, 0.29) is 6.04 Å². The van der Waals surface area contributed by atoms with E-state index in [0.717, 1.165) is 56.1 Å². The Kier molecular flexibility index (Phi) is 4.44. The molecule has 1 N–H and O–H groups in total. The normalized spacial score (nSPS) is 22.7. The van der Waals surface area contributed by atoms with Crippen LogP contribution in [0.2, 0.25) is 0 Å². The Morgan fingerprint density at radius 1 is 1.17 bits per heavy atom. The van der Waals surface area contributed by atoms with Crippen molar-refractivity contribution >= 4 is 22.8 Å². The van der Waals surface area contributed by atoms with Crippen molar-refractivity contribution in [2.75, 3.05) is 43.2 Å². The summed E-state index contributed by atoms with van der Waals surface area (Å²) in [5, 5.41) is 4.46. The van der Waals surface area contributed by atoms with Gasteiger partial charge in [0.15, 0.2) is 5.65 Å². The van der Waals surface area contributed by atoms with Crippen LogP contribution in [0.3, 0.4) is 0 Å². The number of fused-ring (bicyclic) bond motifs is 1. The van der Waals surface area contributed by atoms with Crippen LogP contribution >= 0.6 is 0 Å². The molecule has 0 aliphatic carbocycles. The first-order chi connectivity index (χ1) is 11.8. The molecule has 0 bridgehead atoms. The maximum Gasteiger partial charge on any atom is 0.226 e. The lowest BCUT2D eigenvalue weighted by atomic mass is 10.1. The topological polar surface area (TPSA) is 72.4 Å². The number of hydrogen-bond acceptors (Lipinski definition) is 7. The van der Waals surface area contributed by atoms with Crippen LogP contribution in [-0.4, -0.2) is 60.0 Å². The van der Waals surface area contributed by atoms with Gasteiger partial charge in [-0.2, -0.15) is 9.97 Å². The predicted octanol–water partition coefficient (Wildman–Crippen LogP) is 1.84. The fourth-order valence-corrected chi connectivity index (χ4v) is 3.30. The Morgan fingerprint density at radius 2 is 2.04 bits per heavy atom. The minimum Gasteiger partial charge on any atom is -0.381 e. The van der Waals surface area contributed by atoms with E-state index in [9.17, 15) is 0 Å². The van der Waals surface area contributed by atoms with Gasteiger partial charge in [-0.05, 0) is 31.9 Å². The Morgan fingerprint density at radius 3 is 2.88 bits per heavy atom. The zero-order valence-electron chi connectivity index (χ0n) is 13.9. The lowest BCUT2D eigenvalue weighted by molar-refractivity contribution is 0.0903. The quantitative estimate of drug-likeness (QED) is 0.921. The van der Waals surface area contributed by atoms with Gasteiger partial charge < -0.3 is 19.7 Å². The van der Waals surface area contributed by atoms with Gasteiger partial charge in [-0.25, -0.2) is 4.98 Å².